The van der Waals surface area contributed by atoms with Gasteiger partial charge in [0, 0.05) is 36.3 Å². The van der Waals surface area contributed by atoms with Crippen LogP contribution in [0.4, 0.5) is 17.2 Å². The van der Waals surface area contributed by atoms with Crippen molar-refractivity contribution in [3.63, 3.8) is 0 Å². The molecule has 0 aliphatic heterocycles. The van der Waals surface area contributed by atoms with Gasteiger partial charge in [0.25, 0.3) is 5.91 Å². The van der Waals surface area contributed by atoms with Crippen LogP contribution in [-0.4, -0.2) is 26.8 Å². The molecule has 0 saturated carbocycles. The molecule has 3 aromatic carbocycles. The zero-order valence-corrected chi connectivity index (χ0v) is 21.5. The van der Waals surface area contributed by atoms with Crippen LogP contribution in [0.15, 0.2) is 110 Å². The highest BCUT2D eigenvalue weighted by atomic mass is 16.5. The third-order valence-electron chi connectivity index (χ3n) is 6.01. The lowest BCUT2D eigenvalue weighted by atomic mass is 10.1. The van der Waals surface area contributed by atoms with Crippen LogP contribution in [0.5, 0.6) is 0 Å². The Morgan fingerprint density at radius 1 is 0.825 bits per heavy atom. The Labute approximate surface area is 231 Å². The first-order valence-corrected chi connectivity index (χ1v) is 12.5. The highest BCUT2D eigenvalue weighted by Crippen LogP contribution is 2.22. The van der Waals surface area contributed by atoms with Gasteiger partial charge in [0.05, 0.1) is 16.9 Å². The molecule has 0 aliphatic rings. The Bertz CT molecular complexity index is 1610. The van der Waals surface area contributed by atoms with Crippen LogP contribution >= 0.6 is 0 Å². The number of hydrogen-bond donors (Lipinski definition) is 3. The molecular formula is C31H26N6O3. The molecule has 1 amide bonds. The SMILES string of the molecule is Nc1cc(C(=O)OCc2ccccc2)ccc1NC(=O)c1ccc(CNc2ccnc(-c3cccnc3)n2)cc1. The Hall–Kier alpha value is -5.57. The second-order valence-corrected chi connectivity index (χ2v) is 8.88. The zero-order chi connectivity index (χ0) is 27.7. The predicted octanol–water partition coefficient (Wildman–Crippen LogP) is 5.34. The minimum absolute atomic E-state index is 0.162. The van der Waals surface area contributed by atoms with E-state index >= 15 is 0 Å². The minimum atomic E-state index is -0.493. The number of ether oxygens (including phenoxy) is 1. The molecule has 5 aromatic rings. The second kappa shape index (κ2) is 12.3. The van der Waals surface area contributed by atoms with Crippen LogP contribution in [0.1, 0.15) is 31.8 Å². The average Bonchev–Trinajstić information content (AvgIpc) is 3.01. The lowest BCUT2D eigenvalue weighted by Crippen LogP contribution is -2.14. The largest absolute Gasteiger partial charge is 0.457 e. The van der Waals surface area contributed by atoms with Gasteiger partial charge in [0.2, 0.25) is 0 Å². The first-order chi connectivity index (χ1) is 19.5. The van der Waals surface area contributed by atoms with E-state index in [1.807, 2.05) is 54.6 Å². The first kappa shape index (κ1) is 26.1. The maximum Gasteiger partial charge on any atom is 0.338 e. The molecule has 2 aromatic heterocycles. The minimum Gasteiger partial charge on any atom is -0.457 e. The third-order valence-corrected chi connectivity index (χ3v) is 6.01. The molecule has 2 heterocycles. The number of nitrogen functional groups attached to an aromatic ring is 1. The maximum absolute atomic E-state index is 12.8. The van der Waals surface area contributed by atoms with Gasteiger partial charge in [0.1, 0.15) is 12.4 Å². The molecule has 0 atom stereocenters. The molecule has 5 rings (SSSR count). The summed E-state index contributed by atoms with van der Waals surface area (Å²) in [6, 6.07) is 26.8. The van der Waals surface area contributed by atoms with Crippen molar-refractivity contribution in [3.8, 4) is 11.4 Å². The van der Waals surface area contributed by atoms with Gasteiger partial charge >= 0.3 is 5.97 Å². The van der Waals surface area contributed by atoms with Gasteiger partial charge in [-0.2, -0.15) is 0 Å². The molecule has 0 aliphatic carbocycles. The second-order valence-electron chi connectivity index (χ2n) is 8.88. The lowest BCUT2D eigenvalue weighted by Gasteiger charge is -2.11. The Balaban J connectivity index is 1.15. The number of rotatable bonds is 9. The van der Waals surface area contributed by atoms with Gasteiger partial charge in [-0.3, -0.25) is 9.78 Å². The number of amides is 1. The number of anilines is 3. The molecule has 40 heavy (non-hydrogen) atoms. The van der Waals surface area contributed by atoms with Crippen molar-refractivity contribution in [3.05, 3.63) is 132 Å². The standard InChI is InChI=1S/C31H26N6O3/c32-26-17-24(31(39)40-20-22-5-2-1-3-6-22)12-13-27(26)36-30(38)23-10-8-21(9-11-23)18-35-28-14-16-34-29(37-28)25-7-4-15-33-19-25/h1-17,19H,18,20,32H2,(H,36,38)(H,34,35,37). The predicted molar refractivity (Wildman–Crippen MR) is 153 cm³/mol. The lowest BCUT2D eigenvalue weighted by molar-refractivity contribution is 0.0472. The fourth-order valence-electron chi connectivity index (χ4n) is 3.86. The summed E-state index contributed by atoms with van der Waals surface area (Å²) in [4.78, 5) is 38.2. The summed E-state index contributed by atoms with van der Waals surface area (Å²) in [5.41, 5.74) is 10.2. The highest BCUT2D eigenvalue weighted by Gasteiger charge is 2.13. The fourth-order valence-corrected chi connectivity index (χ4v) is 3.86. The van der Waals surface area contributed by atoms with E-state index in [0.717, 1.165) is 16.7 Å². The van der Waals surface area contributed by atoms with Crippen molar-refractivity contribution in [2.24, 2.45) is 0 Å². The van der Waals surface area contributed by atoms with E-state index in [4.69, 9.17) is 10.5 Å². The van der Waals surface area contributed by atoms with Gasteiger partial charge in [0.15, 0.2) is 5.82 Å². The molecular weight excluding hydrogens is 504 g/mol. The molecule has 198 valence electrons. The summed E-state index contributed by atoms with van der Waals surface area (Å²) in [6.45, 7) is 0.676. The summed E-state index contributed by atoms with van der Waals surface area (Å²) in [7, 11) is 0. The number of esters is 1. The Morgan fingerprint density at radius 3 is 2.38 bits per heavy atom. The molecule has 0 fully saturated rings. The fraction of sp³-hybridized carbons (Fsp3) is 0.0645. The molecule has 0 spiro atoms. The van der Waals surface area contributed by atoms with Gasteiger partial charge < -0.3 is 21.1 Å². The normalized spacial score (nSPS) is 10.5. The number of nitrogens with two attached hydrogens (primary N) is 1. The number of nitrogens with one attached hydrogen (secondary N) is 2. The average molecular weight is 531 g/mol. The number of benzene rings is 3. The molecule has 9 heteroatoms. The molecule has 0 unspecified atom stereocenters. The van der Waals surface area contributed by atoms with E-state index in [-0.39, 0.29) is 18.2 Å². The zero-order valence-electron chi connectivity index (χ0n) is 21.5. The summed E-state index contributed by atoms with van der Waals surface area (Å²) in [5.74, 6) is 0.454. The smallest absolute Gasteiger partial charge is 0.338 e. The van der Waals surface area contributed by atoms with Crippen LogP contribution < -0.4 is 16.4 Å². The van der Waals surface area contributed by atoms with Gasteiger partial charge in [-0.05, 0) is 59.7 Å². The van der Waals surface area contributed by atoms with Crippen LogP contribution in [0, 0.1) is 0 Å². The van der Waals surface area contributed by atoms with Crippen molar-refractivity contribution in [1.82, 2.24) is 15.0 Å². The number of carbonyl (C=O) groups excluding carboxylic acids is 2. The maximum atomic E-state index is 12.8. The van der Waals surface area contributed by atoms with Crippen molar-refractivity contribution in [2.75, 3.05) is 16.4 Å². The topological polar surface area (TPSA) is 132 Å². The van der Waals surface area contributed by atoms with E-state index in [2.05, 4.69) is 25.6 Å². The molecule has 0 bridgehead atoms. The quantitative estimate of drug-likeness (QED) is 0.172. The monoisotopic (exact) mass is 530 g/mol. The molecule has 0 radical (unpaired) electrons. The number of carbonyl (C=O) groups is 2. The van der Waals surface area contributed by atoms with E-state index in [0.29, 0.717) is 35.0 Å². The van der Waals surface area contributed by atoms with Crippen LogP contribution in [-0.2, 0) is 17.9 Å². The van der Waals surface area contributed by atoms with E-state index < -0.39 is 5.97 Å². The van der Waals surface area contributed by atoms with Crippen molar-refractivity contribution < 1.29 is 14.3 Å². The number of pyridine rings is 1. The van der Waals surface area contributed by atoms with Crippen LogP contribution in [0.2, 0.25) is 0 Å². The van der Waals surface area contributed by atoms with E-state index in [1.54, 1.807) is 48.9 Å². The molecule has 0 saturated heterocycles. The summed E-state index contributed by atoms with van der Waals surface area (Å²) >= 11 is 0. The third kappa shape index (κ3) is 6.65. The van der Waals surface area contributed by atoms with Crippen molar-refractivity contribution in [2.45, 2.75) is 13.2 Å². The summed E-state index contributed by atoms with van der Waals surface area (Å²) < 4.78 is 5.35. The summed E-state index contributed by atoms with van der Waals surface area (Å²) in [5, 5.41) is 6.07. The number of hydrogen-bond acceptors (Lipinski definition) is 8. The Morgan fingerprint density at radius 2 is 1.62 bits per heavy atom. The van der Waals surface area contributed by atoms with Crippen LogP contribution in [0.25, 0.3) is 11.4 Å². The molecule has 4 N–H and O–H groups in total. The van der Waals surface area contributed by atoms with Crippen LogP contribution in [0.3, 0.4) is 0 Å². The van der Waals surface area contributed by atoms with Crippen molar-refractivity contribution >= 4 is 29.1 Å². The number of aromatic nitrogens is 3. The number of nitrogens with zero attached hydrogens (tertiary/aromatic N) is 3. The van der Waals surface area contributed by atoms with Crippen molar-refractivity contribution in [1.29, 1.82) is 0 Å². The van der Waals surface area contributed by atoms with Gasteiger partial charge in [-0.15, -0.1) is 0 Å². The molecule has 9 nitrogen and oxygen atoms in total. The Kier molecular flexibility index (Phi) is 8.02. The van der Waals surface area contributed by atoms with E-state index in [9.17, 15) is 9.59 Å². The first-order valence-electron chi connectivity index (χ1n) is 12.5. The van der Waals surface area contributed by atoms with Gasteiger partial charge in [-0.1, -0.05) is 42.5 Å². The van der Waals surface area contributed by atoms with E-state index in [1.165, 1.54) is 6.07 Å². The van der Waals surface area contributed by atoms with Gasteiger partial charge in [-0.25, -0.2) is 14.8 Å². The summed E-state index contributed by atoms with van der Waals surface area (Å²) in [6.07, 6.45) is 5.11. The highest BCUT2D eigenvalue weighted by molar-refractivity contribution is 6.06.